The first kappa shape index (κ1) is 29.9. The predicted octanol–water partition coefficient (Wildman–Crippen LogP) is 0.300. The summed E-state index contributed by atoms with van der Waals surface area (Å²) in [6, 6.07) is 4.70. The molecule has 140 valence electrons. The van der Waals surface area contributed by atoms with Gasteiger partial charge in [-0.2, -0.15) is 44.5 Å². The van der Waals surface area contributed by atoms with Gasteiger partial charge in [-0.1, -0.05) is 81.1 Å². The van der Waals surface area contributed by atoms with Crippen molar-refractivity contribution in [3.05, 3.63) is 56.6 Å². The Bertz CT molecular complexity index is 503. The van der Waals surface area contributed by atoms with Gasteiger partial charge in [0.05, 0.1) is 0 Å². The van der Waals surface area contributed by atoms with Gasteiger partial charge in [-0.3, -0.25) is 0 Å². The first-order chi connectivity index (χ1) is 10.4. The zero-order valence-corrected chi connectivity index (χ0v) is 21.2. The summed E-state index contributed by atoms with van der Waals surface area (Å²) in [5.41, 5.74) is 12.1. The van der Waals surface area contributed by atoms with E-state index in [1.54, 1.807) is 0 Å². The molecule has 0 aliphatic carbocycles. The Morgan fingerprint density at radius 3 is 1.04 bits per heavy atom. The van der Waals surface area contributed by atoms with E-state index in [9.17, 15) is 0 Å². The second-order valence-corrected chi connectivity index (χ2v) is 6.30. The summed E-state index contributed by atoms with van der Waals surface area (Å²) in [5, 5.41) is 0. The van der Waals surface area contributed by atoms with Gasteiger partial charge in [0, 0.05) is 0 Å². The van der Waals surface area contributed by atoms with E-state index in [-0.39, 0.29) is 51.0 Å². The molecule has 0 aliphatic heterocycles. The van der Waals surface area contributed by atoms with E-state index in [1.807, 2.05) is 0 Å². The summed E-state index contributed by atoms with van der Waals surface area (Å²) in [4.78, 5) is 0. The summed E-state index contributed by atoms with van der Waals surface area (Å²) >= 11 is 0. The second-order valence-electron chi connectivity index (χ2n) is 6.30. The molecular formula is C22H34Cl2Zr. The van der Waals surface area contributed by atoms with Crippen molar-refractivity contribution in [1.29, 1.82) is 0 Å². The summed E-state index contributed by atoms with van der Waals surface area (Å²) in [6.45, 7) is 17.8. The Hall–Kier alpha value is 0.163. The number of hydrogen-bond acceptors (Lipinski definition) is 0. The zero-order chi connectivity index (χ0) is 16.9. The number of aryl methyl sites for hydroxylation is 4. The fraction of sp³-hybridized carbons (Fsp3) is 0.545. The molecule has 25 heavy (non-hydrogen) atoms. The minimum absolute atomic E-state index is 0. The fourth-order valence-corrected chi connectivity index (χ4v) is 3.29. The van der Waals surface area contributed by atoms with Gasteiger partial charge in [0.25, 0.3) is 0 Å². The minimum atomic E-state index is 0. The van der Waals surface area contributed by atoms with Crippen LogP contribution in [0.1, 0.15) is 72.2 Å². The van der Waals surface area contributed by atoms with Crippen LogP contribution in [0.2, 0.25) is 0 Å². The third-order valence-electron chi connectivity index (χ3n) is 5.27. The quantitative estimate of drug-likeness (QED) is 0.576. The fourth-order valence-electron chi connectivity index (χ4n) is 3.29. The van der Waals surface area contributed by atoms with Crippen molar-refractivity contribution in [2.45, 2.75) is 81.1 Å². The van der Waals surface area contributed by atoms with Gasteiger partial charge < -0.3 is 24.8 Å². The van der Waals surface area contributed by atoms with Crippen molar-refractivity contribution >= 4 is 0 Å². The molecular weight excluding hydrogens is 426 g/mol. The van der Waals surface area contributed by atoms with E-state index < -0.39 is 0 Å². The van der Waals surface area contributed by atoms with Gasteiger partial charge in [-0.15, -0.1) is 0 Å². The van der Waals surface area contributed by atoms with E-state index in [1.165, 1.54) is 70.2 Å². The summed E-state index contributed by atoms with van der Waals surface area (Å²) < 4.78 is 0. The van der Waals surface area contributed by atoms with Gasteiger partial charge in [0.1, 0.15) is 0 Å². The van der Waals surface area contributed by atoms with E-state index in [0.29, 0.717) is 0 Å². The Labute approximate surface area is 187 Å². The summed E-state index contributed by atoms with van der Waals surface area (Å²) in [7, 11) is 0. The van der Waals surface area contributed by atoms with Crippen LogP contribution in [0.3, 0.4) is 0 Å². The molecule has 0 radical (unpaired) electrons. The Balaban J connectivity index is -0.000000346. The van der Waals surface area contributed by atoms with Crippen LogP contribution in [-0.4, -0.2) is 0 Å². The molecule has 0 aliphatic rings. The number of rotatable bonds is 4. The van der Waals surface area contributed by atoms with Crippen LogP contribution in [0.5, 0.6) is 0 Å². The van der Waals surface area contributed by atoms with Crippen LogP contribution in [0.15, 0.2) is 12.1 Å². The van der Waals surface area contributed by atoms with Gasteiger partial charge in [-0.05, 0) is 0 Å². The molecule has 3 heteroatoms. The SMILES string of the molecule is CCc1cc(CC)[c-](C)c1C.CCc1cc(CC)[c-](C)c1C.[Cl-].[Cl-].[Zr+4]. The molecule has 0 nitrogen and oxygen atoms in total. The van der Waals surface area contributed by atoms with Crippen LogP contribution in [0, 0.1) is 27.7 Å². The summed E-state index contributed by atoms with van der Waals surface area (Å²) in [6.07, 6.45) is 4.69. The maximum Gasteiger partial charge on any atom is 4.00 e. The molecule has 0 unspecified atom stereocenters. The van der Waals surface area contributed by atoms with Crippen LogP contribution in [-0.2, 0) is 51.9 Å². The van der Waals surface area contributed by atoms with E-state index in [0.717, 1.165) is 0 Å². The second kappa shape index (κ2) is 14.2. The normalized spacial score (nSPS) is 9.28. The molecule has 0 N–H and O–H groups in total. The molecule has 0 saturated carbocycles. The van der Waals surface area contributed by atoms with Crippen molar-refractivity contribution in [3.63, 3.8) is 0 Å². The molecule has 2 rings (SSSR count). The Morgan fingerprint density at radius 1 is 0.640 bits per heavy atom. The van der Waals surface area contributed by atoms with Crippen molar-refractivity contribution in [2.24, 2.45) is 0 Å². The molecule has 0 heterocycles. The van der Waals surface area contributed by atoms with Crippen LogP contribution in [0.25, 0.3) is 0 Å². The molecule has 0 saturated heterocycles. The van der Waals surface area contributed by atoms with E-state index in [2.05, 4.69) is 67.5 Å². The molecule has 0 amide bonds. The topological polar surface area (TPSA) is 0 Å². The first-order valence-electron chi connectivity index (χ1n) is 8.90. The Kier molecular flexibility index (Phi) is 17.0. The largest absolute Gasteiger partial charge is 4.00 e. The number of halogens is 2. The van der Waals surface area contributed by atoms with E-state index in [4.69, 9.17) is 0 Å². The zero-order valence-electron chi connectivity index (χ0n) is 17.2. The molecule has 0 fully saturated rings. The molecule has 2 aromatic carbocycles. The third kappa shape index (κ3) is 7.36. The average Bonchev–Trinajstić information content (AvgIpc) is 2.98. The smallest absolute Gasteiger partial charge is 1.00 e. The van der Waals surface area contributed by atoms with Crippen molar-refractivity contribution in [1.82, 2.24) is 0 Å². The van der Waals surface area contributed by atoms with Crippen molar-refractivity contribution < 1.29 is 51.0 Å². The number of hydrogen-bond donors (Lipinski definition) is 0. The maximum atomic E-state index is 2.35. The van der Waals surface area contributed by atoms with Gasteiger partial charge in [0.2, 0.25) is 0 Å². The first-order valence-corrected chi connectivity index (χ1v) is 8.90. The third-order valence-corrected chi connectivity index (χ3v) is 5.27. The monoisotopic (exact) mass is 458 g/mol. The van der Waals surface area contributed by atoms with Crippen molar-refractivity contribution in [3.8, 4) is 0 Å². The van der Waals surface area contributed by atoms with Crippen LogP contribution in [0.4, 0.5) is 0 Å². The molecule has 0 spiro atoms. The van der Waals surface area contributed by atoms with Gasteiger partial charge in [0.15, 0.2) is 0 Å². The molecule has 0 bridgehead atoms. The van der Waals surface area contributed by atoms with Gasteiger partial charge in [-0.25, -0.2) is 12.1 Å². The molecule has 0 aromatic heterocycles. The summed E-state index contributed by atoms with van der Waals surface area (Å²) in [5.74, 6) is 0. The molecule has 0 atom stereocenters. The Morgan fingerprint density at radius 2 is 0.920 bits per heavy atom. The average molecular weight is 461 g/mol. The minimum Gasteiger partial charge on any atom is -1.00 e. The standard InChI is InChI=1S/2C11H17.2ClH.Zr/c2*1-5-10-7-11(6-2)9(4)8(10)3;;;/h2*7H,5-6H2,1-4H3;2*1H;/q2*-1;;;+4/p-2. The molecule has 2 aromatic rings. The van der Waals surface area contributed by atoms with E-state index >= 15 is 0 Å². The van der Waals surface area contributed by atoms with Crippen molar-refractivity contribution in [2.75, 3.05) is 0 Å². The van der Waals surface area contributed by atoms with Crippen LogP contribution < -0.4 is 24.8 Å². The maximum absolute atomic E-state index is 2.35. The van der Waals surface area contributed by atoms with Crippen LogP contribution >= 0.6 is 0 Å². The predicted molar refractivity (Wildman–Crippen MR) is 101 cm³/mol. The van der Waals surface area contributed by atoms with Gasteiger partial charge >= 0.3 is 26.2 Å².